The average Bonchev–Trinajstić information content (AvgIpc) is 1.98. The van der Waals surface area contributed by atoms with Crippen molar-refractivity contribution in [1.29, 1.82) is 0 Å². The average molecular weight is 202 g/mol. The van der Waals surface area contributed by atoms with Gasteiger partial charge in [-0.2, -0.15) is 11.8 Å². The second-order valence-corrected chi connectivity index (χ2v) is 5.47. The smallest absolute Gasteiger partial charge is 0.0329 e. The molecule has 3 heteroatoms. The molecule has 1 unspecified atom stereocenters. The highest BCUT2D eigenvalue weighted by Gasteiger charge is 2.25. The summed E-state index contributed by atoms with van der Waals surface area (Å²) in [5.41, 5.74) is 2.96. The maximum atomic E-state index is 5.54. The Morgan fingerprint density at radius 1 is 1.38 bits per heavy atom. The monoisotopic (exact) mass is 202 g/mol. The van der Waals surface area contributed by atoms with Crippen LogP contribution in [0.5, 0.6) is 0 Å². The molecule has 0 radical (unpaired) electrons. The second kappa shape index (κ2) is 5.89. The fourth-order valence-corrected chi connectivity index (χ4v) is 2.82. The number of hydrogen-bond acceptors (Lipinski definition) is 3. The molecule has 3 N–H and O–H groups in total. The van der Waals surface area contributed by atoms with E-state index < -0.39 is 0 Å². The third-order valence-electron chi connectivity index (χ3n) is 2.68. The summed E-state index contributed by atoms with van der Waals surface area (Å²) in [6.45, 7) is 4.53. The summed E-state index contributed by atoms with van der Waals surface area (Å²) in [4.78, 5) is 0. The van der Waals surface area contributed by atoms with Gasteiger partial charge >= 0.3 is 0 Å². The first kappa shape index (κ1) is 11.3. The van der Waals surface area contributed by atoms with Gasteiger partial charge in [0.2, 0.25) is 0 Å². The number of hydrazine groups is 1. The Kier molecular flexibility index (Phi) is 5.14. The molecule has 0 amide bonds. The molecule has 0 aromatic rings. The molecule has 1 aliphatic carbocycles. The van der Waals surface area contributed by atoms with Gasteiger partial charge in [-0.25, -0.2) is 0 Å². The van der Waals surface area contributed by atoms with Gasteiger partial charge in [0.05, 0.1) is 0 Å². The number of nitrogens with two attached hydrogens (primary N) is 1. The lowest BCUT2D eigenvalue weighted by Gasteiger charge is -2.33. The van der Waals surface area contributed by atoms with Crippen molar-refractivity contribution in [3.8, 4) is 0 Å². The van der Waals surface area contributed by atoms with Crippen molar-refractivity contribution in [2.75, 3.05) is 11.5 Å². The van der Waals surface area contributed by atoms with Crippen LogP contribution in [0.1, 0.15) is 33.1 Å². The first-order valence-electron chi connectivity index (χ1n) is 5.28. The van der Waals surface area contributed by atoms with Crippen molar-refractivity contribution in [3.63, 3.8) is 0 Å². The van der Waals surface area contributed by atoms with Crippen LogP contribution in [0.2, 0.25) is 0 Å². The van der Waals surface area contributed by atoms with Gasteiger partial charge in [-0.3, -0.25) is 11.3 Å². The van der Waals surface area contributed by atoms with Gasteiger partial charge in [-0.15, -0.1) is 0 Å². The van der Waals surface area contributed by atoms with E-state index in [2.05, 4.69) is 19.3 Å². The highest BCUT2D eigenvalue weighted by atomic mass is 32.2. The quantitative estimate of drug-likeness (QED) is 0.511. The molecule has 1 fully saturated rings. The minimum atomic E-state index is 0.553. The molecule has 1 aliphatic rings. The molecule has 0 heterocycles. The molecule has 0 aromatic heterocycles. The molecule has 0 saturated heterocycles. The molecule has 0 aromatic carbocycles. The third kappa shape index (κ3) is 3.88. The predicted molar refractivity (Wildman–Crippen MR) is 60.6 cm³/mol. The van der Waals surface area contributed by atoms with Gasteiger partial charge in [0.25, 0.3) is 0 Å². The fraction of sp³-hybridized carbons (Fsp3) is 1.00. The first-order valence-corrected chi connectivity index (χ1v) is 6.43. The summed E-state index contributed by atoms with van der Waals surface area (Å²) >= 11 is 2.03. The Balaban J connectivity index is 2.08. The van der Waals surface area contributed by atoms with Crippen molar-refractivity contribution < 1.29 is 0 Å². The van der Waals surface area contributed by atoms with E-state index in [1.54, 1.807) is 0 Å². The van der Waals surface area contributed by atoms with Gasteiger partial charge in [0, 0.05) is 11.8 Å². The SMILES string of the molecule is CC(C)CSCC(NN)C1CCC1. The molecule has 0 spiro atoms. The highest BCUT2D eigenvalue weighted by molar-refractivity contribution is 7.99. The van der Waals surface area contributed by atoms with E-state index in [4.69, 9.17) is 5.84 Å². The summed E-state index contributed by atoms with van der Waals surface area (Å²) in [5, 5.41) is 0. The summed E-state index contributed by atoms with van der Waals surface area (Å²) < 4.78 is 0. The first-order chi connectivity index (χ1) is 6.24. The van der Waals surface area contributed by atoms with E-state index >= 15 is 0 Å². The maximum absolute atomic E-state index is 5.54. The summed E-state index contributed by atoms with van der Waals surface area (Å²) in [6.07, 6.45) is 4.14. The fourth-order valence-electron chi connectivity index (χ4n) is 1.59. The number of hydrogen-bond donors (Lipinski definition) is 2. The van der Waals surface area contributed by atoms with Crippen molar-refractivity contribution in [1.82, 2.24) is 5.43 Å². The van der Waals surface area contributed by atoms with E-state index in [0.29, 0.717) is 6.04 Å². The van der Waals surface area contributed by atoms with Crippen LogP contribution in [0.3, 0.4) is 0 Å². The number of thioether (sulfide) groups is 1. The Morgan fingerprint density at radius 2 is 2.08 bits per heavy atom. The topological polar surface area (TPSA) is 38.0 Å². The van der Waals surface area contributed by atoms with Gasteiger partial charge < -0.3 is 0 Å². The second-order valence-electron chi connectivity index (χ2n) is 4.40. The number of nitrogens with one attached hydrogen (secondary N) is 1. The molecular formula is C10H22N2S. The van der Waals surface area contributed by atoms with Crippen LogP contribution < -0.4 is 11.3 Å². The minimum absolute atomic E-state index is 0.553. The zero-order valence-electron chi connectivity index (χ0n) is 8.75. The van der Waals surface area contributed by atoms with Crippen LogP contribution in [-0.4, -0.2) is 17.5 Å². The summed E-state index contributed by atoms with van der Waals surface area (Å²) in [5.74, 6) is 9.62. The molecule has 1 rings (SSSR count). The van der Waals surface area contributed by atoms with Gasteiger partial charge in [0.15, 0.2) is 0 Å². The van der Waals surface area contributed by atoms with Crippen LogP contribution in [0, 0.1) is 11.8 Å². The lowest BCUT2D eigenvalue weighted by atomic mass is 9.80. The van der Waals surface area contributed by atoms with Crippen LogP contribution in [0.25, 0.3) is 0 Å². The Morgan fingerprint density at radius 3 is 2.46 bits per heavy atom. The summed E-state index contributed by atoms with van der Waals surface area (Å²) in [7, 11) is 0. The Hall–Kier alpha value is 0.270. The zero-order chi connectivity index (χ0) is 9.68. The molecule has 1 atom stereocenters. The molecule has 0 bridgehead atoms. The van der Waals surface area contributed by atoms with Crippen molar-refractivity contribution in [3.05, 3.63) is 0 Å². The van der Waals surface area contributed by atoms with E-state index in [1.165, 1.54) is 30.8 Å². The van der Waals surface area contributed by atoms with Crippen molar-refractivity contribution in [2.24, 2.45) is 17.7 Å². The Bertz CT molecular complexity index is 135. The summed E-state index contributed by atoms with van der Waals surface area (Å²) in [6, 6.07) is 0.553. The van der Waals surface area contributed by atoms with Crippen LogP contribution in [0.4, 0.5) is 0 Å². The number of rotatable bonds is 6. The van der Waals surface area contributed by atoms with E-state index in [0.717, 1.165) is 11.8 Å². The third-order valence-corrected chi connectivity index (χ3v) is 4.18. The Labute approximate surface area is 86.0 Å². The van der Waals surface area contributed by atoms with Crippen LogP contribution in [0.15, 0.2) is 0 Å². The molecule has 78 valence electrons. The lowest BCUT2D eigenvalue weighted by molar-refractivity contribution is 0.246. The van der Waals surface area contributed by atoms with Crippen LogP contribution >= 0.6 is 11.8 Å². The molecule has 13 heavy (non-hydrogen) atoms. The van der Waals surface area contributed by atoms with Crippen molar-refractivity contribution in [2.45, 2.75) is 39.2 Å². The normalized spacial score (nSPS) is 20.3. The predicted octanol–water partition coefficient (Wildman–Crippen LogP) is 2.01. The standard InChI is InChI=1S/C10H22N2S/c1-8(2)6-13-7-10(12-11)9-4-3-5-9/h8-10,12H,3-7,11H2,1-2H3. The lowest BCUT2D eigenvalue weighted by Crippen LogP contribution is -2.45. The van der Waals surface area contributed by atoms with Crippen molar-refractivity contribution >= 4 is 11.8 Å². The van der Waals surface area contributed by atoms with E-state index in [-0.39, 0.29) is 0 Å². The van der Waals surface area contributed by atoms with E-state index in [9.17, 15) is 0 Å². The maximum Gasteiger partial charge on any atom is 0.0329 e. The largest absolute Gasteiger partial charge is 0.271 e. The molecule has 1 saturated carbocycles. The molecule has 2 nitrogen and oxygen atoms in total. The van der Waals surface area contributed by atoms with Gasteiger partial charge in [-0.1, -0.05) is 20.3 Å². The molecular weight excluding hydrogens is 180 g/mol. The van der Waals surface area contributed by atoms with E-state index in [1.807, 2.05) is 11.8 Å². The van der Waals surface area contributed by atoms with Gasteiger partial charge in [0.1, 0.15) is 0 Å². The molecule has 0 aliphatic heterocycles. The highest BCUT2D eigenvalue weighted by Crippen LogP contribution is 2.30. The van der Waals surface area contributed by atoms with Gasteiger partial charge in [-0.05, 0) is 30.4 Å². The van der Waals surface area contributed by atoms with Crippen LogP contribution in [-0.2, 0) is 0 Å². The minimum Gasteiger partial charge on any atom is -0.271 e. The zero-order valence-corrected chi connectivity index (χ0v) is 9.57.